The minimum absolute atomic E-state index is 0.0940. The third-order valence-electron chi connectivity index (χ3n) is 3.57. The molecule has 1 N–H and O–H groups in total. The molecule has 0 aliphatic heterocycles. The molecule has 0 fully saturated rings. The summed E-state index contributed by atoms with van der Waals surface area (Å²) in [5, 5.41) is 19.4. The van der Waals surface area contributed by atoms with Crippen molar-refractivity contribution in [2.75, 3.05) is 0 Å². The van der Waals surface area contributed by atoms with E-state index in [0.29, 0.717) is 6.42 Å². The zero-order valence-electron chi connectivity index (χ0n) is 14.2. The van der Waals surface area contributed by atoms with Gasteiger partial charge in [0.15, 0.2) is 0 Å². The van der Waals surface area contributed by atoms with Crippen LogP contribution in [0.3, 0.4) is 0 Å². The third-order valence-corrected chi connectivity index (χ3v) is 3.57. The van der Waals surface area contributed by atoms with Gasteiger partial charge in [-0.1, -0.05) is 26.2 Å². The van der Waals surface area contributed by atoms with E-state index in [4.69, 9.17) is 14.6 Å². The van der Waals surface area contributed by atoms with Gasteiger partial charge in [-0.2, -0.15) is 0 Å². The fourth-order valence-electron chi connectivity index (χ4n) is 2.24. The highest BCUT2D eigenvalue weighted by molar-refractivity contribution is 5.67. The molecule has 0 saturated carbocycles. The number of nitrogens with zero attached hydrogens (tertiary/aromatic N) is 1. The van der Waals surface area contributed by atoms with E-state index in [1.54, 1.807) is 0 Å². The quantitative estimate of drug-likeness (QED) is 0.207. The molecule has 138 valence electrons. The lowest BCUT2D eigenvalue weighted by Gasteiger charge is -2.16. The Kier molecular flexibility index (Phi) is 8.99. The molecule has 1 aromatic carbocycles. The first kappa shape index (κ1) is 20.4. The number of non-ortho nitro benzene ring substituents is 1. The number of unbranched alkanes of at least 4 members (excludes halogenated alkanes) is 3. The fraction of sp³-hybridized carbons (Fsp3) is 0.529. The summed E-state index contributed by atoms with van der Waals surface area (Å²) in [5.74, 6) is -0.829. The van der Waals surface area contributed by atoms with Gasteiger partial charge in [0.2, 0.25) is 0 Å². The summed E-state index contributed by atoms with van der Waals surface area (Å²) in [7, 11) is 0. The van der Waals surface area contributed by atoms with E-state index in [2.05, 4.69) is 6.92 Å². The highest BCUT2D eigenvalue weighted by atomic mass is 16.7. The molecule has 1 rings (SSSR count). The Morgan fingerprint density at radius 1 is 1.16 bits per heavy atom. The first-order chi connectivity index (χ1) is 11.9. The maximum absolute atomic E-state index is 11.8. The molecule has 0 bridgehead atoms. The number of aliphatic carboxylic acids is 1. The summed E-state index contributed by atoms with van der Waals surface area (Å²) < 4.78 is 10.2. The number of carboxylic acid groups (broad SMARTS) is 1. The van der Waals surface area contributed by atoms with Gasteiger partial charge in [-0.3, -0.25) is 14.9 Å². The van der Waals surface area contributed by atoms with Gasteiger partial charge in [0, 0.05) is 18.6 Å². The van der Waals surface area contributed by atoms with Gasteiger partial charge in [0.25, 0.3) is 5.69 Å². The Morgan fingerprint density at radius 2 is 1.84 bits per heavy atom. The van der Waals surface area contributed by atoms with Crippen LogP contribution in [0.2, 0.25) is 0 Å². The van der Waals surface area contributed by atoms with Gasteiger partial charge in [0.1, 0.15) is 11.9 Å². The van der Waals surface area contributed by atoms with Crippen molar-refractivity contribution in [3.63, 3.8) is 0 Å². The fourth-order valence-corrected chi connectivity index (χ4v) is 2.24. The van der Waals surface area contributed by atoms with E-state index in [9.17, 15) is 19.7 Å². The van der Waals surface area contributed by atoms with Crippen LogP contribution in [0.4, 0.5) is 10.5 Å². The van der Waals surface area contributed by atoms with Crippen molar-refractivity contribution in [2.45, 2.75) is 58.0 Å². The Bertz CT molecular complexity index is 571. The monoisotopic (exact) mass is 353 g/mol. The third kappa shape index (κ3) is 8.69. The molecule has 0 amide bonds. The lowest BCUT2D eigenvalue weighted by Crippen LogP contribution is -2.22. The Hall–Kier alpha value is -2.64. The van der Waals surface area contributed by atoms with E-state index in [1.165, 1.54) is 24.3 Å². The Labute approximate surface area is 145 Å². The molecule has 1 aromatic rings. The molecule has 0 spiro atoms. The Balaban J connectivity index is 2.53. The van der Waals surface area contributed by atoms with Crippen molar-refractivity contribution in [1.82, 2.24) is 0 Å². The van der Waals surface area contributed by atoms with E-state index < -0.39 is 23.2 Å². The summed E-state index contributed by atoms with van der Waals surface area (Å²) in [6, 6.07) is 5.03. The summed E-state index contributed by atoms with van der Waals surface area (Å²) in [6.45, 7) is 2.08. The maximum atomic E-state index is 11.8. The van der Waals surface area contributed by atoms with Gasteiger partial charge in [0.05, 0.1) is 4.92 Å². The first-order valence-corrected chi connectivity index (χ1v) is 8.27. The second-order valence-electron chi connectivity index (χ2n) is 5.62. The van der Waals surface area contributed by atoms with Crippen LogP contribution in [0, 0.1) is 10.1 Å². The van der Waals surface area contributed by atoms with Gasteiger partial charge >= 0.3 is 12.1 Å². The van der Waals surface area contributed by atoms with Crippen LogP contribution < -0.4 is 4.74 Å². The van der Waals surface area contributed by atoms with Crippen LogP contribution in [0.1, 0.15) is 51.9 Å². The number of hydrogen-bond acceptors (Lipinski definition) is 6. The van der Waals surface area contributed by atoms with E-state index in [0.717, 1.165) is 25.7 Å². The smallest absolute Gasteiger partial charge is 0.481 e. The number of ether oxygens (including phenoxy) is 2. The van der Waals surface area contributed by atoms with Crippen molar-refractivity contribution in [2.24, 2.45) is 0 Å². The molecular formula is C17H23NO7. The van der Waals surface area contributed by atoms with E-state index >= 15 is 0 Å². The molecular weight excluding hydrogens is 330 g/mol. The molecule has 0 heterocycles. The zero-order valence-corrected chi connectivity index (χ0v) is 14.2. The zero-order chi connectivity index (χ0) is 18.7. The molecule has 0 aliphatic carbocycles. The standard InChI is InChI=1S/C17H23NO7/c1-2-3-4-5-6-14(11-12-16(19)20)24-17(21)25-15-9-7-13(8-10-15)18(22)23/h7-10,14H,2-6,11-12H2,1H3,(H,19,20)/t14-/m0/s1. The van der Waals surface area contributed by atoms with Crippen LogP contribution in [-0.4, -0.2) is 28.3 Å². The minimum Gasteiger partial charge on any atom is -0.481 e. The second kappa shape index (κ2) is 11.0. The molecule has 0 saturated heterocycles. The van der Waals surface area contributed by atoms with E-state index in [-0.39, 0.29) is 24.3 Å². The largest absolute Gasteiger partial charge is 0.514 e. The summed E-state index contributed by atoms with van der Waals surface area (Å²) in [6.07, 6.45) is 3.19. The maximum Gasteiger partial charge on any atom is 0.514 e. The number of carboxylic acids is 1. The summed E-state index contributed by atoms with van der Waals surface area (Å²) in [5.41, 5.74) is -0.115. The normalized spacial score (nSPS) is 11.6. The van der Waals surface area contributed by atoms with Crippen molar-refractivity contribution in [3.05, 3.63) is 34.4 Å². The molecule has 25 heavy (non-hydrogen) atoms. The first-order valence-electron chi connectivity index (χ1n) is 8.27. The lowest BCUT2D eigenvalue weighted by molar-refractivity contribution is -0.384. The molecule has 0 aliphatic rings. The molecule has 8 nitrogen and oxygen atoms in total. The van der Waals surface area contributed by atoms with Crippen molar-refractivity contribution in [1.29, 1.82) is 0 Å². The number of hydrogen-bond donors (Lipinski definition) is 1. The van der Waals surface area contributed by atoms with Crippen molar-refractivity contribution >= 4 is 17.8 Å². The SMILES string of the molecule is CCCCCC[C@@H](CCC(=O)O)OC(=O)Oc1ccc([N+](=O)[O-])cc1. The predicted molar refractivity (Wildman–Crippen MR) is 89.6 cm³/mol. The number of carbonyl (C=O) groups is 2. The molecule has 0 unspecified atom stereocenters. The topological polar surface area (TPSA) is 116 Å². The average Bonchev–Trinajstić information content (AvgIpc) is 2.56. The number of benzene rings is 1. The van der Waals surface area contributed by atoms with Gasteiger partial charge < -0.3 is 14.6 Å². The highest BCUT2D eigenvalue weighted by Gasteiger charge is 2.18. The molecule has 0 aromatic heterocycles. The van der Waals surface area contributed by atoms with Crippen LogP contribution in [0.5, 0.6) is 5.75 Å². The van der Waals surface area contributed by atoms with Gasteiger partial charge in [-0.25, -0.2) is 4.79 Å². The van der Waals surface area contributed by atoms with Crippen LogP contribution >= 0.6 is 0 Å². The Morgan fingerprint density at radius 3 is 2.40 bits per heavy atom. The van der Waals surface area contributed by atoms with Crippen LogP contribution in [0.25, 0.3) is 0 Å². The molecule has 0 radical (unpaired) electrons. The number of nitro groups is 1. The predicted octanol–water partition coefficient (Wildman–Crippen LogP) is 4.31. The molecule has 8 heteroatoms. The molecule has 1 atom stereocenters. The summed E-state index contributed by atoms with van der Waals surface area (Å²) in [4.78, 5) is 32.6. The van der Waals surface area contributed by atoms with Crippen molar-refractivity contribution in [3.8, 4) is 5.75 Å². The number of nitro benzene ring substituents is 1. The van der Waals surface area contributed by atoms with Crippen molar-refractivity contribution < 1.29 is 29.1 Å². The summed E-state index contributed by atoms with van der Waals surface area (Å²) >= 11 is 0. The number of rotatable bonds is 11. The van der Waals surface area contributed by atoms with E-state index in [1.807, 2.05) is 0 Å². The highest BCUT2D eigenvalue weighted by Crippen LogP contribution is 2.19. The van der Waals surface area contributed by atoms with Gasteiger partial charge in [-0.05, 0) is 31.4 Å². The minimum atomic E-state index is -0.953. The second-order valence-corrected chi connectivity index (χ2v) is 5.62. The lowest BCUT2D eigenvalue weighted by atomic mass is 10.1. The van der Waals surface area contributed by atoms with Crippen LogP contribution in [-0.2, 0) is 9.53 Å². The average molecular weight is 353 g/mol. The van der Waals surface area contributed by atoms with Crippen LogP contribution in [0.15, 0.2) is 24.3 Å². The number of carbonyl (C=O) groups excluding carboxylic acids is 1. The van der Waals surface area contributed by atoms with Gasteiger partial charge in [-0.15, -0.1) is 0 Å².